The quantitative estimate of drug-likeness (QED) is 0.638. The van der Waals surface area contributed by atoms with E-state index < -0.39 is 23.8 Å². The van der Waals surface area contributed by atoms with Crippen molar-refractivity contribution in [3.8, 4) is 0 Å². The molecule has 0 radical (unpaired) electrons. The van der Waals surface area contributed by atoms with E-state index in [1.54, 1.807) is 31.8 Å². The number of H-pyrrole nitrogens is 1. The van der Waals surface area contributed by atoms with Crippen molar-refractivity contribution >= 4 is 40.9 Å². The van der Waals surface area contributed by atoms with Crippen molar-refractivity contribution < 1.29 is 19.5 Å². The van der Waals surface area contributed by atoms with Crippen molar-refractivity contribution in [2.24, 2.45) is 35.5 Å². The molecular weight excluding hydrogens is 462 g/mol. The van der Waals surface area contributed by atoms with Crippen LogP contribution in [0.15, 0.2) is 34.3 Å². The fourth-order valence-electron chi connectivity index (χ4n) is 6.94. The Morgan fingerprint density at radius 2 is 1.94 bits per heavy atom. The van der Waals surface area contributed by atoms with Crippen LogP contribution in [-0.4, -0.2) is 49.0 Å². The SMILES string of the molecule is CC(C)[C@H](C(=O)O)N1C(=O)[C@@H]2[C@@H]3C[C@@H]([C@@H]2C1=O)[C@H]1[C@@H](c2cccnc2)c2sc(=O)[nH]c2S[C@H]31. The number of carboxylic acid groups (broad SMARTS) is 1. The van der Waals surface area contributed by atoms with E-state index in [2.05, 4.69) is 9.97 Å². The van der Waals surface area contributed by atoms with Gasteiger partial charge in [0.1, 0.15) is 6.04 Å². The molecular formula is C23H23N3O5S2. The first-order valence-corrected chi connectivity index (χ1v) is 12.9. The molecule has 2 bridgehead atoms. The standard InChI is InChI=1S/C23H23N3O5S2/c1-8(2)16(22(29)30)26-20(27)14-10-6-11(15(14)21(26)28)17-13(10)12(9-4-3-5-24-7-9)18-19(32-17)25-23(31)33-18/h3-5,7-8,10-17H,6H2,1-2H3,(H,25,31)(H,29,30)/t10-,11+,12-,13+,14+,15-,16-,17-/m1/s1. The smallest absolute Gasteiger partial charge is 0.327 e. The molecule has 33 heavy (non-hydrogen) atoms. The summed E-state index contributed by atoms with van der Waals surface area (Å²) in [6.45, 7) is 3.45. The predicted octanol–water partition coefficient (Wildman–Crippen LogP) is 2.41. The second-order valence-electron chi connectivity index (χ2n) is 9.82. The molecule has 3 fully saturated rings. The summed E-state index contributed by atoms with van der Waals surface area (Å²) in [4.78, 5) is 60.5. The average Bonchev–Trinajstić information content (AvgIpc) is 3.49. The second-order valence-corrected chi connectivity index (χ2v) is 12.0. The van der Waals surface area contributed by atoms with Crippen LogP contribution in [0.5, 0.6) is 0 Å². The molecule has 0 aromatic carbocycles. The molecule has 2 aliphatic heterocycles. The molecule has 10 heteroatoms. The fraction of sp³-hybridized carbons (Fsp3) is 0.522. The van der Waals surface area contributed by atoms with Gasteiger partial charge in [0.05, 0.1) is 16.9 Å². The number of hydrogen-bond donors (Lipinski definition) is 2. The Morgan fingerprint density at radius 1 is 1.21 bits per heavy atom. The molecule has 4 heterocycles. The molecule has 0 spiro atoms. The van der Waals surface area contributed by atoms with Gasteiger partial charge in [-0.25, -0.2) is 4.79 Å². The Kier molecular flexibility index (Phi) is 4.65. The third-order valence-electron chi connectivity index (χ3n) is 7.96. The van der Waals surface area contributed by atoms with Gasteiger partial charge >= 0.3 is 10.8 Å². The molecule has 2 saturated carbocycles. The highest BCUT2D eigenvalue weighted by Crippen LogP contribution is 2.68. The van der Waals surface area contributed by atoms with Crippen molar-refractivity contribution in [3.05, 3.63) is 44.6 Å². The van der Waals surface area contributed by atoms with Crippen molar-refractivity contribution in [3.63, 3.8) is 0 Å². The summed E-state index contributed by atoms with van der Waals surface area (Å²) in [6, 6.07) is 2.75. The molecule has 8 nitrogen and oxygen atoms in total. The predicted molar refractivity (Wildman–Crippen MR) is 121 cm³/mol. The molecule has 4 aliphatic rings. The number of nitrogens with zero attached hydrogens (tertiary/aromatic N) is 2. The van der Waals surface area contributed by atoms with Crippen molar-refractivity contribution in [2.45, 2.75) is 42.5 Å². The number of carbonyl (C=O) groups excluding carboxylic acids is 2. The fourth-order valence-corrected chi connectivity index (χ4v) is 9.83. The van der Waals surface area contributed by atoms with E-state index >= 15 is 0 Å². The molecule has 8 atom stereocenters. The van der Waals surface area contributed by atoms with E-state index in [1.165, 1.54) is 11.3 Å². The van der Waals surface area contributed by atoms with Gasteiger partial charge in [0.2, 0.25) is 11.8 Å². The molecule has 1 saturated heterocycles. The van der Waals surface area contributed by atoms with Crippen LogP contribution in [-0.2, 0) is 14.4 Å². The molecule has 6 rings (SSSR count). The molecule has 2 aromatic heterocycles. The zero-order valence-corrected chi connectivity index (χ0v) is 19.6. The number of pyridine rings is 1. The van der Waals surface area contributed by atoms with Gasteiger partial charge in [-0.3, -0.25) is 24.3 Å². The molecule has 2 N–H and O–H groups in total. The van der Waals surface area contributed by atoms with Crippen molar-refractivity contribution in [2.75, 3.05) is 0 Å². The molecule has 2 amide bonds. The van der Waals surface area contributed by atoms with Crippen LogP contribution in [0.25, 0.3) is 0 Å². The van der Waals surface area contributed by atoms with Gasteiger partial charge in [0, 0.05) is 28.4 Å². The number of likely N-dealkylation sites (tertiary alicyclic amines) is 1. The third kappa shape index (κ3) is 2.79. The van der Waals surface area contributed by atoms with Crippen LogP contribution in [0.1, 0.15) is 36.6 Å². The lowest BCUT2D eigenvalue weighted by Gasteiger charge is -2.42. The summed E-state index contributed by atoms with van der Waals surface area (Å²) in [5.74, 6) is -3.17. The zero-order valence-electron chi connectivity index (χ0n) is 18.0. The molecule has 2 aliphatic carbocycles. The largest absolute Gasteiger partial charge is 0.480 e. The van der Waals surface area contributed by atoms with E-state index in [1.807, 2.05) is 18.3 Å². The minimum absolute atomic E-state index is 0.0196. The lowest BCUT2D eigenvalue weighted by atomic mass is 9.68. The number of amides is 2. The highest BCUT2D eigenvalue weighted by atomic mass is 32.2. The highest BCUT2D eigenvalue weighted by molar-refractivity contribution is 8.00. The van der Waals surface area contributed by atoms with Crippen LogP contribution in [0, 0.1) is 35.5 Å². The Hall–Kier alpha value is -2.46. The number of aromatic amines is 1. The number of fused-ring (bicyclic) bond motifs is 9. The van der Waals surface area contributed by atoms with Gasteiger partial charge < -0.3 is 10.1 Å². The maximum Gasteiger partial charge on any atom is 0.327 e. The first kappa shape index (κ1) is 21.1. The van der Waals surface area contributed by atoms with Gasteiger partial charge in [0.15, 0.2) is 0 Å². The number of carboxylic acids is 1. The van der Waals surface area contributed by atoms with Crippen LogP contribution in [0.3, 0.4) is 0 Å². The van der Waals surface area contributed by atoms with E-state index in [0.29, 0.717) is 0 Å². The number of nitrogens with one attached hydrogen (secondary N) is 1. The third-order valence-corrected chi connectivity index (χ3v) is 10.6. The van der Waals surface area contributed by atoms with Gasteiger partial charge in [0.25, 0.3) is 0 Å². The highest BCUT2D eigenvalue weighted by Gasteiger charge is 2.70. The number of hydrogen-bond acceptors (Lipinski definition) is 7. The number of imide groups is 1. The lowest BCUT2D eigenvalue weighted by Crippen LogP contribution is -2.49. The minimum Gasteiger partial charge on any atom is -0.480 e. The Balaban J connectivity index is 1.44. The van der Waals surface area contributed by atoms with Gasteiger partial charge in [-0.2, -0.15) is 0 Å². The number of aromatic nitrogens is 2. The van der Waals surface area contributed by atoms with Crippen molar-refractivity contribution in [1.82, 2.24) is 14.9 Å². The van der Waals surface area contributed by atoms with Crippen LogP contribution in [0.2, 0.25) is 0 Å². The summed E-state index contributed by atoms with van der Waals surface area (Å²) in [6.07, 6.45) is 4.31. The number of thiazole rings is 1. The van der Waals surface area contributed by atoms with E-state index in [9.17, 15) is 24.3 Å². The van der Waals surface area contributed by atoms with Gasteiger partial charge in [-0.05, 0) is 41.7 Å². The van der Waals surface area contributed by atoms with Gasteiger partial charge in [-0.15, -0.1) is 11.8 Å². The number of carbonyl (C=O) groups is 3. The second kappa shape index (κ2) is 7.27. The zero-order chi connectivity index (χ0) is 23.2. The summed E-state index contributed by atoms with van der Waals surface area (Å²) in [7, 11) is 0. The maximum atomic E-state index is 13.6. The number of thioether (sulfide) groups is 1. The van der Waals surface area contributed by atoms with E-state index in [0.717, 1.165) is 26.8 Å². The summed E-state index contributed by atoms with van der Waals surface area (Å²) < 4.78 is 0. The van der Waals surface area contributed by atoms with Crippen LogP contribution >= 0.6 is 23.1 Å². The van der Waals surface area contributed by atoms with Crippen LogP contribution < -0.4 is 4.87 Å². The Labute approximate surface area is 197 Å². The molecule has 2 aromatic rings. The lowest BCUT2D eigenvalue weighted by molar-refractivity contribution is -0.157. The Bertz CT molecular complexity index is 1220. The Morgan fingerprint density at radius 3 is 2.58 bits per heavy atom. The normalized spacial score (nSPS) is 35.0. The monoisotopic (exact) mass is 485 g/mol. The minimum atomic E-state index is -1.14. The molecule has 0 unspecified atom stereocenters. The topological polar surface area (TPSA) is 120 Å². The number of aliphatic carboxylic acids is 1. The van der Waals surface area contributed by atoms with E-state index in [-0.39, 0.29) is 51.5 Å². The van der Waals surface area contributed by atoms with E-state index in [4.69, 9.17) is 0 Å². The average molecular weight is 486 g/mol. The summed E-state index contributed by atoms with van der Waals surface area (Å²) in [5.41, 5.74) is 1.01. The summed E-state index contributed by atoms with van der Waals surface area (Å²) >= 11 is 2.83. The maximum absolute atomic E-state index is 13.6. The first-order valence-electron chi connectivity index (χ1n) is 11.2. The van der Waals surface area contributed by atoms with Crippen LogP contribution in [0.4, 0.5) is 0 Å². The van der Waals surface area contributed by atoms with Crippen molar-refractivity contribution in [1.29, 1.82) is 0 Å². The summed E-state index contributed by atoms with van der Waals surface area (Å²) in [5, 5.41) is 10.7. The molecule has 172 valence electrons. The first-order chi connectivity index (χ1) is 15.8. The number of rotatable bonds is 4. The van der Waals surface area contributed by atoms with Gasteiger partial charge in [-0.1, -0.05) is 31.3 Å².